The van der Waals surface area contributed by atoms with Gasteiger partial charge in [-0.2, -0.15) is 4.98 Å². The minimum atomic E-state index is -0.164. The Morgan fingerprint density at radius 2 is 2.15 bits per heavy atom. The van der Waals surface area contributed by atoms with Gasteiger partial charge in [-0.15, -0.1) is 0 Å². The Bertz CT molecular complexity index is 607. The number of benzene rings is 1. The summed E-state index contributed by atoms with van der Waals surface area (Å²) in [4.78, 5) is 16.2. The highest BCUT2D eigenvalue weighted by Gasteiger charge is 2.12. The summed E-state index contributed by atoms with van der Waals surface area (Å²) in [5.74, 6) is 0.786. The minimum absolute atomic E-state index is 0.164. The lowest BCUT2D eigenvalue weighted by atomic mass is 10.1. The minimum Gasteiger partial charge on any atom is -0.385 e. The van der Waals surface area contributed by atoms with Crippen LogP contribution in [0.15, 0.2) is 22.7 Å². The Morgan fingerprint density at radius 1 is 1.35 bits per heavy atom. The normalized spacial score (nSPS) is 10.3. The number of nitrogens with zero attached hydrogens (tertiary/aromatic N) is 2. The number of amides is 1. The van der Waals surface area contributed by atoms with Crippen LogP contribution < -0.4 is 10.6 Å². The molecule has 0 atom stereocenters. The zero-order valence-corrected chi connectivity index (χ0v) is 11.9. The molecule has 20 heavy (non-hydrogen) atoms. The van der Waals surface area contributed by atoms with Crippen LogP contribution in [0.1, 0.15) is 34.6 Å². The Hall–Kier alpha value is -2.37. The van der Waals surface area contributed by atoms with Crippen molar-refractivity contribution < 1.29 is 9.32 Å². The average molecular weight is 274 g/mol. The van der Waals surface area contributed by atoms with E-state index in [0.29, 0.717) is 17.3 Å². The van der Waals surface area contributed by atoms with Gasteiger partial charge in [-0.25, -0.2) is 0 Å². The van der Waals surface area contributed by atoms with E-state index >= 15 is 0 Å². The van der Waals surface area contributed by atoms with Gasteiger partial charge in [0, 0.05) is 19.2 Å². The van der Waals surface area contributed by atoms with Crippen LogP contribution in [0.5, 0.6) is 0 Å². The first-order valence-electron chi connectivity index (χ1n) is 6.52. The fourth-order valence-corrected chi connectivity index (χ4v) is 1.86. The maximum Gasteiger partial charge on any atom is 0.253 e. The van der Waals surface area contributed by atoms with Gasteiger partial charge in [-0.3, -0.25) is 4.79 Å². The standard InChI is InChI=1S/C14H18N4O2/c1-4-15-12-7-9(2)5-6-11(12)14(19)16-8-13-17-10(3)20-18-13/h5-7,15H,4,8H2,1-3H3,(H,16,19). The van der Waals surface area contributed by atoms with Crippen molar-refractivity contribution in [1.29, 1.82) is 0 Å². The number of carbonyl (C=O) groups excluding carboxylic acids is 1. The van der Waals surface area contributed by atoms with Gasteiger partial charge in [0.2, 0.25) is 5.89 Å². The van der Waals surface area contributed by atoms with E-state index in [0.717, 1.165) is 17.8 Å². The molecule has 0 aliphatic rings. The van der Waals surface area contributed by atoms with Gasteiger partial charge in [0.05, 0.1) is 12.1 Å². The summed E-state index contributed by atoms with van der Waals surface area (Å²) in [6.45, 7) is 6.70. The highest BCUT2D eigenvalue weighted by molar-refractivity contribution is 5.99. The molecule has 0 unspecified atom stereocenters. The van der Waals surface area contributed by atoms with E-state index in [2.05, 4.69) is 20.8 Å². The zero-order chi connectivity index (χ0) is 14.5. The van der Waals surface area contributed by atoms with Crippen LogP contribution in [0, 0.1) is 13.8 Å². The Labute approximate surface area is 117 Å². The van der Waals surface area contributed by atoms with Crippen molar-refractivity contribution in [2.75, 3.05) is 11.9 Å². The van der Waals surface area contributed by atoms with Crippen molar-refractivity contribution in [1.82, 2.24) is 15.5 Å². The third kappa shape index (κ3) is 3.34. The first-order valence-corrected chi connectivity index (χ1v) is 6.52. The van der Waals surface area contributed by atoms with E-state index in [9.17, 15) is 4.79 Å². The molecule has 6 heteroatoms. The van der Waals surface area contributed by atoms with Crippen LogP contribution in [0.4, 0.5) is 5.69 Å². The smallest absolute Gasteiger partial charge is 0.253 e. The van der Waals surface area contributed by atoms with Crippen LogP contribution in [-0.2, 0) is 6.54 Å². The van der Waals surface area contributed by atoms with Crippen LogP contribution >= 0.6 is 0 Å². The van der Waals surface area contributed by atoms with E-state index < -0.39 is 0 Å². The Morgan fingerprint density at radius 3 is 2.80 bits per heavy atom. The molecule has 0 aliphatic heterocycles. The van der Waals surface area contributed by atoms with Gasteiger partial charge in [0.1, 0.15) is 0 Å². The number of carbonyl (C=O) groups is 1. The highest BCUT2D eigenvalue weighted by Crippen LogP contribution is 2.17. The zero-order valence-electron chi connectivity index (χ0n) is 11.9. The number of hydrogen-bond acceptors (Lipinski definition) is 5. The number of rotatable bonds is 5. The monoisotopic (exact) mass is 274 g/mol. The third-order valence-electron chi connectivity index (χ3n) is 2.76. The first-order chi connectivity index (χ1) is 9.60. The summed E-state index contributed by atoms with van der Waals surface area (Å²) < 4.78 is 4.86. The number of nitrogens with one attached hydrogen (secondary N) is 2. The van der Waals surface area contributed by atoms with Crippen molar-refractivity contribution in [3.63, 3.8) is 0 Å². The summed E-state index contributed by atoms with van der Waals surface area (Å²) >= 11 is 0. The van der Waals surface area contributed by atoms with E-state index in [1.807, 2.05) is 32.0 Å². The molecule has 6 nitrogen and oxygen atoms in total. The second kappa shape index (κ2) is 6.18. The Kier molecular flexibility index (Phi) is 4.34. The quantitative estimate of drug-likeness (QED) is 0.872. The average Bonchev–Trinajstić information content (AvgIpc) is 2.82. The lowest BCUT2D eigenvalue weighted by Crippen LogP contribution is -2.24. The molecule has 106 valence electrons. The van der Waals surface area contributed by atoms with E-state index in [-0.39, 0.29) is 12.5 Å². The molecule has 1 heterocycles. The second-order valence-corrected chi connectivity index (χ2v) is 4.49. The first kappa shape index (κ1) is 14.0. The molecule has 0 saturated heterocycles. The summed E-state index contributed by atoms with van der Waals surface area (Å²) in [6.07, 6.45) is 0. The molecule has 0 radical (unpaired) electrons. The van der Waals surface area contributed by atoms with Gasteiger partial charge in [-0.05, 0) is 31.5 Å². The molecule has 2 aromatic rings. The highest BCUT2D eigenvalue weighted by atomic mass is 16.5. The summed E-state index contributed by atoms with van der Waals surface area (Å²) in [7, 11) is 0. The lowest BCUT2D eigenvalue weighted by Gasteiger charge is -2.11. The number of hydrogen-bond donors (Lipinski definition) is 2. The molecular formula is C14H18N4O2. The maximum atomic E-state index is 12.2. The van der Waals surface area contributed by atoms with Gasteiger partial charge in [0.25, 0.3) is 5.91 Å². The van der Waals surface area contributed by atoms with Gasteiger partial charge < -0.3 is 15.2 Å². The predicted molar refractivity (Wildman–Crippen MR) is 75.5 cm³/mol. The van der Waals surface area contributed by atoms with Gasteiger partial charge in [0.15, 0.2) is 5.82 Å². The molecule has 1 amide bonds. The molecule has 1 aromatic carbocycles. The number of anilines is 1. The van der Waals surface area contributed by atoms with Crippen LogP contribution in [0.3, 0.4) is 0 Å². The van der Waals surface area contributed by atoms with E-state index in [4.69, 9.17) is 4.52 Å². The van der Waals surface area contributed by atoms with Crippen molar-refractivity contribution in [2.45, 2.75) is 27.3 Å². The van der Waals surface area contributed by atoms with Gasteiger partial charge in [-0.1, -0.05) is 11.2 Å². The summed E-state index contributed by atoms with van der Waals surface area (Å²) in [5.41, 5.74) is 2.54. The maximum absolute atomic E-state index is 12.2. The SMILES string of the molecule is CCNc1cc(C)ccc1C(=O)NCc1noc(C)n1. The second-order valence-electron chi connectivity index (χ2n) is 4.49. The molecule has 0 spiro atoms. The van der Waals surface area contributed by atoms with Crippen LogP contribution in [-0.4, -0.2) is 22.6 Å². The molecule has 2 N–H and O–H groups in total. The fourth-order valence-electron chi connectivity index (χ4n) is 1.86. The number of aromatic nitrogens is 2. The van der Waals surface area contributed by atoms with Gasteiger partial charge >= 0.3 is 0 Å². The van der Waals surface area contributed by atoms with Crippen molar-refractivity contribution >= 4 is 11.6 Å². The molecule has 0 bridgehead atoms. The number of aryl methyl sites for hydroxylation is 2. The van der Waals surface area contributed by atoms with Crippen molar-refractivity contribution in [2.24, 2.45) is 0 Å². The van der Waals surface area contributed by atoms with Crippen LogP contribution in [0.25, 0.3) is 0 Å². The van der Waals surface area contributed by atoms with Crippen molar-refractivity contribution in [3.05, 3.63) is 41.0 Å². The Balaban J connectivity index is 2.08. The molecule has 1 aromatic heterocycles. The fraction of sp³-hybridized carbons (Fsp3) is 0.357. The molecule has 0 aliphatic carbocycles. The summed E-state index contributed by atoms with van der Waals surface area (Å²) in [5, 5.41) is 9.71. The topological polar surface area (TPSA) is 80.0 Å². The van der Waals surface area contributed by atoms with Crippen molar-refractivity contribution in [3.8, 4) is 0 Å². The van der Waals surface area contributed by atoms with E-state index in [1.54, 1.807) is 6.92 Å². The molecule has 0 fully saturated rings. The van der Waals surface area contributed by atoms with Crippen LogP contribution in [0.2, 0.25) is 0 Å². The molecule has 2 rings (SSSR count). The van der Waals surface area contributed by atoms with E-state index in [1.165, 1.54) is 0 Å². The third-order valence-corrected chi connectivity index (χ3v) is 2.76. The summed E-state index contributed by atoms with van der Waals surface area (Å²) in [6, 6.07) is 5.68. The lowest BCUT2D eigenvalue weighted by molar-refractivity contribution is 0.0950. The predicted octanol–water partition coefficient (Wildman–Crippen LogP) is 2.05. The largest absolute Gasteiger partial charge is 0.385 e. The molecular weight excluding hydrogens is 256 g/mol. The molecule has 0 saturated carbocycles.